The zero-order valence-corrected chi connectivity index (χ0v) is 23.6. The smallest absolute Gasteiger partial charge is 0.119 e. The SMILES string of the molecule is C=C=C1C(C\C=C/C(C)=C(C=C)/C=C\C=C)=C(C)N/C(=C(/C(=C)c2ccc(NC)cc2)c2ccccc2)N1C. The molecule has 3 heteroatoms. The molecule has 2 aromatic rings. The van der Waals surface area contributed by atoms with Gasteiger partial charge < -0.3 is 15.5 Å². The molecule has 0 aliphatic carbocycles. The minimum Gasteiger partial charge on any atom is -0.388 e. The third-order valence-electron chi connectivity index (χ3n) is 6.78. The van der Waals surface area contributed by atoms with Crippen LogP contribution < -0.4 is 10.6 Å². The van der Waals surface area contributed by atoms with Gasteiger partial charge in [0.05, 0.1) is 5.70 Å². The van der Waals surface area contributed by atoms with Crippen molar-refractivity contribution >= 4 is 16.8 Å². The first-order valence-corrected chi connectivity index (χ1v) is 13.0. The van der Waals surface area contributed by atoms with Gasteiger partial charge in [0, 0.05) is 36.6 Å². The Morgan fingerprint density at radius 1 is 1.03 bits per heavy atom. The van der Waals surface area contributed by atoms with Crippen LogP contribution in [0.15, 0.2) is 157 Å². The van der Waals surface area contributed by atoms with Gasteiger partial charge in [-0.3, -0.25) is 0 Å². The molecule has 2 N–H and O–H groups in total. The molecule has 0 unspecified atom stereocenters. The van der Waals surface area contributed by atoms with Crippen molar-refractivity contribution in [2.75, 3.05) is 19.4 Å². The van der Waals surface area contributed by atoms with Crippen molar-refractivity contribution in [3.05, 3.63) is 168 Å². The van der Waals surface area contributed by atoms with E-state index < -0.39 is 0 Å². The molecule has 0 saturated carbocycles. The van der Waals surface area contributed by atoms with Crippen LogP contribution in [-0.4, -0.2) is 19.0 Å². The highest BCUT2D eigenvalue weighted by Gasteiger charge is 2.26. The summed E-state index contributed by atoms with van der Waals surface area (Å²) in [4.78, 5) is 2.13. The Morgan fingerprint density at radius 2 is 1.72 bits per heavy atom. The van der Waals surface area contributed by atoms with Crippen molar-refractivity contribution in [1.82, 2.24) is 10.2 Å². The lowest BCUT2D eigenvalue weighted by molar-refractivity contribution is 0.471. The van der Waals surface area contributed by atoms with E-state index in [-0.39, 0.29) is 0 Å². The van der Waals surface area contributed by atoms with Crippen LogP contribution in [0.4, 0.5) is 5.69 Å². The highest BCUT2D eigenvalue weighted by molar-refractivity contribution is 6.05. The topological polar surface area (TPSA) is 27.3 Å². The van der Waals surface area contributed by atoms with Crippen LogP contribution in [-0.2, 0) is 0 Å². The van der Waals surface area contributed by atoms with Crippen LogP contribution in [0.1, 0.15) is 31.4 Å². The molecule has 0 atom stereocenters. The molecule has 2 aromatic carbocycles. The molecular formula is C36H39N3. The number of allylic oxidation sites excluding steroid dienone is 12. The van der Waals surface area contributed by atoms with Gasteiger partial charge >= 0.3 is 0 Å². The molecule has 0 fully saturated rings. The number of nitrogens with one attached hydrogen (secondary N) is 2. The van der Waals surface area contributed by atoms with Gasteiger partial charge in [-0.25, -0.2) is 0 Å². The Kier molecular flexibility index (Phi) is 10.1. The summed E-state index contributed by atoms with van der Waals surface area (Å²) in [6, 6.07) is 18.7. The molecular weight excluding hydrogens is 474 g/mol. The summed E-state index contributed by atoms with van der Waals surface area (Å²) >= 11 is 0. The van der Waals surface area contributed by atoms with Gasteiger partial charge in [-0.1, -0.05) is 105 Å². The van der Waals surface area contributed by atoms with Gasteiger partial charge in [0.25, 0.3) is 0 Å². The molecule has 39 heavy (non-hydrogen) atoms. The minimum absolute atomic E-state index is 0.730. The number of anilines is 1. The van der Waals surface area contributed by atoms with E-state index in [4.69, 9.17) is 0 Å². The van der Waals surface area contributed by atoms with Crippen molar-refractivity contribution in [3.8, 4) is 0 Å². The molecule has 0 bridgehead atoms. The quantitative estimate of drug-likeness (QED) is 0.246. The Bertz CT molecular complexity index is 1430. The molecule has 1 heterocycles. The van der Waals surface area contributed by atoms with Crippen LogP contribution >= 0.6 is 0 Å². The van der Waals surface area contributed by atoms with Crippen molar-refractivity contribution in [1.29, 1.82) is 0 Å². The Morgan fingerprint density at radius 3 is 2.31 bits per heavy atom. The molecule has 198 valence electrons. The molecule has 1 aliphatic rings. The summed E-state index contributed by atoms with van der Waals surface area (Å²) < 4.78 is 0. The molecule has 3 rings (SSSR count). The summed E-state index contributed by atoms with van der Waals surface area (Å²) in [5, 5.41) is 6.87. The molecule has 0 saturated heterocycles. The van der Waals surface area contributed by atoms with E-state index >= 15 is 0 Å². The van der Waals surface area contributed by atoms with Gasteiger partial charge in [0.1, 0.15) is 5.82 Å². The lowest BCUT2D eigenvalue weighted by atomic mass is 9.91. The predicted octanol–water partition coefficient (Wildman–Crippen LogP) is 8.78. The first kappa shape index (κ1) is 28.8. The van der Waals surface area contributed by atoms with Crippen LogP contribution in [0, 0.1) is 0 Å². The van der Waals surface area contributed by atoms with Gasteiger partial charge in [-0.05, 0) is 60.2 Å². The molecule has 1 aliphatic heterocycles. The number of likely N-dealkylation sites (N-methyl/N-ethyl adjacent to an activating group) is 1. The van der Waals surface area contributed by atoms with E-state index in [1.165, 1.54) is 0 Å². The largest absolute Gasteiger partial charge is 0.388 e. The summed E-state index contributed by atoms with van der Waals surface area (Å²) in [5.74, 6) is 0.944. The Balaban J connectivity index is 2.07. The fourth-order valence-electron chi connectivity index (χ4n) is 4.56. The first-order chi connectivity index (χ1) is 18.9. The first-order valence-electron chi connectivity index (χ1n) is 13.0. The summed E-state index contributed by atoms with van der Waals surface area (Å²) in [6.45, 7) is 20.4. The third-order valence-corrected chi connectivity index (χ3v) is 6.78. The number of hydrogen-bond acceptors (Lipinski definition) is 3. The van der Waals surface area contributed by atoms with E-state index in [0.29, 0.717) is 0 Å². The highest BCUT2D eigenvalue weighted by atomic mass is 15.3. The van der Waals surface area contributed by atoms with E-state index in [1.54, 1.807) is 6.08 Å². The Labute approximate surface area is 234 Å². The molecule has 0 amide bonds. The molecule has 0 aromatic heterocycles. The van der Waals surface area contributed by atoms with Gasteiger partial charge in [0.15, 0.2) is 0 Å². The van der Waals surface area contributed by atoms with Gasteiger partial charge in [-0.2, -0.15) is 0 Å². The van der Waals surface area contributed by atoms with Crippen molar-refractivity contribution in [2.24, 2.45) is 0 Å². The molecule has 0 spiro atoms. The average Bonchev–Trinajstić information content (AvgIpc) is 2.96. The van der Waals surface area contributed by atoms with Crippen LogP contribution in [0.5, 0.6) is 0 Å². The number of hydrogen-bond donors (Lipinski definition) is 2. The maximum absolute atomic E-state index is 4.53. The summed E-state index contributed by atoms with van der Waals surface area (Å²) in [5.41, 5.74) is 13.7. The van der Waals surface area contributed by atoms with Crippen LogP contribution in [0.2, 0.25) is 0 Å². The molecule has 3 nitrogen and oxygen atoms in total. The van der Waals surface area contributed by atoms with Gasteiger partial charge in [-0.15, -0.1) is 5.73 Å². The maximum Gasteiger partial charge on any atom is 0.119 e. The lowest BCUT2D eigenvalue weighted by Gasteiger charge is -2.35. The maximum atomic E-state index is 4.53. The van der Waals surface area contributed by atoms with E-state index in [1.807, 2.05) is 38.4 Å². The third kappa shape index (κ3) is 6.78. The number of nitrogens with zero attached hydrogens (tertiary/aromatic N) is 1. The lowest BCUT2D eigenvalue weighted by Crippen LogP contribution is -2.35. The fourth-order valence-corrected chi connectivity index (χ4v) is 4.56. The van der Waals surface area contributed by atoms with Crippen molar-refractivity contribution in [2.45, 2.75) is 20.3 Å². The van der Waals surface area contributed by atoms with Crippen LogP contribution in [0.25, 0.3) is 11.1 Å². The second kappa shape index (κ2) is 13.7. The van der Waals surface area contributed by atoms with Crippen molar-refractivity contribution in [3.63, 3.8) is 0 Å². The Hall–Kier alpha value is -4.72. The highest BCUT2D eigenvalue weighted by Crippen LogP contribution is 2.38. The van der Waals surface area contributed by atoms with Gasteiger partial charge in [0.2, 0.25) is 0 Å². The summed E-state index contributed by atoms with van der Waals surface area (Å²) in [6.07, 6.45) is 12.6. The molecule has 0 radical (unpaired) electrons. The van der Waals surface area contributed by atoms with E-state index in [2.05, 4.69) is 122 Å². The average molecular weight is 514 g/mol. The zero-order valence-electron chi connectivity index (χ0n) is 23.6. The standard InChI is InChI=1S/C36H39N3/c1-9-12-18-29(10-2)26(4)17-16-21-33-28(6)38-36(39(8)34(33)11-3)35(31-19-14-13-15-20-31)27(5)30-22-24-32(37-7)25-23-30/h9-10,12-20,22-25,37-38H,1-3,5,21H2,4,6-8H3/b17-16-,18-12-,29-26+,36-35+. The number of benzene rings is 2. The normalized spacial score (nSPS) is 15.6. The van der Waals surface area contributed by atoms with Crippen molar-refractivity contribution < 1.29 is 0 Å². The summed E-state index contributed by atoms with van der Waals surface area (Å²) in [7, 11) is 3.97. The van der Waals surface area contributed by atoms with E-state index in [9.17, 15) is 0 Å². The second-order valence-corrected chi connectivity index (χ2v) is 9.25. The fraction of sp³-hybridized carbons (Fsp3) is 0.139. The van der Waals surface area contributed by atoms with Crippen LogP contribution in [0.3, 0.4) is 0 Å². The second-order valence-electron chi connectivity index (χ2n) is 9.25. The number of rotatable bonds is 10. The minimum atomic E-state index is 0.730. The van der Waals surface area contributed by atoms with E-state index in [0.717, 1.165) is 68.3 Å². The zero-order chi connectivity index (χ0) is 28.4. The predicted molar refractivity (Wildman–Crippen MR) is 171 cm³/mol. The monoisotopic (exact) mass is 513 g/mol.